The summed E-state index contributed by atoms with van der Waals surface area (Å²) in [4.78, 5) is 14.4. The number of aromatic nitrogens is 2. The third-order valence-corrected chi connectivity index (χ3v) is 6.62. The Balaban J connectivity index is 1.71. The predicted octanol–water partition coefficient (Wildman–Crippen LogP) is 5.04. The number of benzene rings is 1. The topological polar surface area (TPSA) is 50.2 Å². The maximum Gasteiger partial charge on any atom is 0.410 e. The fraction of sp³-hybridized carbons (Fsp3) is 0.444. The minimum Gasteiger partial charge on any atom is -0.362 e. The van der Waals surface area contributed by atoms with E-state index >= 15 is 0 Å². The molecule has 2 aromatic rings. The van der Waals surface area contributed by atoms with E-state index in [1.807, 2.05) is 0 Å². The third-order valence-electron chi connectivity index (χ3n) is 5.07. The molecule has 1 aromatic heterocycles. The highest BCUT2D eigenvalue weighted by molar-refractivity contribution is 7.99. The minimum atomic E-state index is -4.54. The molecule has 4 rings (SSSR count). The fourth-order valence-electron chi connectivity index (χ4n) is 3.56. The molecule has 0 unspecified atom stereocenters. The molecule has 0 bridgehead atoms. The Morgan fingerprint density at radius 2 is 1.83 bits per heavy atom. The van der Waals surface area contributed by atoms with Crippen LogP contribution in [0, 0.1) is 0 Å². The molecule has 3 heterocycles. The fourth-order valence-corrected chi connectivity index (χ4v) is 4.84. The molecule has 0 spiro atoms. The maximum absolute atomic E-state index is 13.8. The highest BCUT2D eigenvalue weighted by Gasteiger charge is 2.48. The van der Waals surface area contributed by atoms with Crippen LogP contribution in [0.3, 0.4) is 0 Å². The summed E-state index contributed by atoms with van der Waals surface area (Å²) in [5, 5.41) is 7.44. The van der Waals surface area contributed by atoms with Gasteiger partial charge in [0, 0.05) is 36.0 Å². The van der Waals surface area contributed by atoms with Crippen molar-refractivity contribution in [1.29, 1.82) is 0 Å². The minimum absolute atomic E-state index is 0.00919. The average molecular weight is 465 g/mol. The number of carbonyl (C=O) groups excluding carboxylic acids is 1. The molecule has 0 saturated carbocycles. The number of nitrogens with zero attached hydrogens (tertiary/aromatic N) is 3. The molecular formula is C18H17Cl2F3N4OS. The number of anilines is 1. The summed E-state index contributed by atoms with van der Waals surface area (Å²) < 4.78 is 42.3. The molecule has 1 aromatic carbocycles. The number of fused-ring (bicyclic) bond motifs is 1. The van der Waals surface area contributed by atoms with Crippen LogP contribution in [-0.2, 0) is 0 Å². The van der Waals surface area contributed by atoms with E-state index in [1.54, 1.807) is 40.9 Å². The number of hydrogen-bond donors (Lipinski definition) is 1. The van der Waals surface area contributed by atoms with Crippen LogP contribution in [-0.4, -0.2) is 51.4 Å². The Morgan fingerprint density at radius 1 is 1.17 bits per heavy atom. The summed E-state index contributed by atoms with van der Waals surface area (Å²) in [5.74, 6) is 1.12. The second-order valence-corrected chi connectivity index (χ2v) is 8.94. The molecule has 29 heavy (non-hydrogen) atoms. The molecule has 1 amide bonds. The van der Waals surface area contributed by atoms with Gasteiger partial charge in [-0.15, -0.1) is 0 Å². The molecule has 2 atom stereocenters. The van der Waals surface area contributed by atoms with Crippen molar-refractivity contribution in [3.05, 3.63) is 45.6 Å². The van der Waals surface area contributed by atoms with Crippen molar-refractivity contribution < 1.29 is 18.0 Å². The first-order valence-electron chi connectivity index (χ1n) is 8.99. The van der Waals surface area contributed by atoms with Crippen LogP contribution in [0.2, 0.25) is 10.0 Å². The van der Waals surface area contributed by atoms with Gasteiger partial charge in [0.05, 0.1) is 6.04 Å². The van der Waals surface area contributed by atoms with E-state index in [9.17, 15) is 18.0 Å². The van der Waals surface area contributed by atoms with Crippen molar-refractivity contribution in [2.75, 3.05) is 29.9 Å². The number of amides is 1. The van der Waals surface area contributed by atoms with Crippen LogP contribution in [0.1, 0.15) is 34.6 Å². The van der Waals surface area contributed by atoms with Crippen LogP contribution in [0.15, 0.2) is 24.3 Å². The van der Waals surface area contributed by atoms with Crippen LogP contribution in [0.25, 0.3) is 0 Å². The van der Waals surface area contributed by atoms with E-state index in [0.717, 1.165) is 16.2 Å². The molecule has 2 aliphatic heterocycles. The summed E-state index contributed by atoms with van der Waals surface area (Å²) in [6, 6.07) is 4.05. The van der Waals surface area contributed by atoms with E-state index in [4.69, 9.17) is 23.2 Å². The molecule has 1 saturated heterocycles. The van der Waals surface area contributed by atoms with Gasteiger partial charge in [0.1, 0.15) is 10.8 Å². The van der Waals surface area contributed by atoms with E-state index < -0.39 is 24.2 Å². The highest BCUT2D eigenvalue weighted by Crippen LogP contribution is 2.46. The number of nitrogens with one attached hydrogen (secondary N) is 1. The molecule has 156 valence electrons. The zero-order valence-electron chi connectivity index (χ0n) is 15.0. The van der Waals surface area contributed by atoms with Crippen LogP contribution < -0.4 is 5.32 Å². The van der Waals surface area contributed by atoms with Gasteiger partial charge in [0.2, 0.25) is 0 Å². The van der Waals surface area contributed by atoms with Crippen LogP contribution in [0.4, 0.5) is 19.0 Å². The Morgan fingerprint density at radius 3 is 2.45 bits per heavy atom. The van der Waals surface area contributed by atoms with Gasteiger partial charge in [-0.1, -0.05) is 35.3 Å². The van der Waals surface area contributed by atoms with Gasteiger partial charge in [-0.25, -0.2) is 4.68 Å². The molecule has 1 fully saturated rings. The van der Waals surface area contributed by atoms with Crippen molar-refractivity contribution in [1.82, 2.24) is 14.7 Å². The molecule has 0 aliphatic carbocycles. The van der Waals surface area contributed by atoms with Crippen molar-refractivity contribution >= 4 is 46.7 Å². The average Bonchev–Trinajstić information content (AvgIpc) is 3.04. The largest absolute Gasteiger partial charge is 0.410 e. The highest BCUT2D eigenvalue weighted by atomic mass is 35.5. The van der Waals surface area contributed by atoms with Crippen LogP contribution in [0.5, 0.6) is 0 Å². The molecule has 11 heteroatoms. The second kappa shape index (κ2) is 7.92. The molecule has 2 aliphatic rings. The van der Waals surface area contributed by atoms with E-state index in [2.05, 4.69) is 10.4 Å². The number of halogens is 5. The predicted molar refractivity (Wildman–Crippen MR) is 108 cm³/mol. The van der Waals surface area contributed by atoms with Gasteiger partial charge in [-0.3, -0.25) is 4.79 Å². The van der Waals surface area contributed by atoms with Gasteiger partial charge in [-0.2, -0.15) is 30.0 Å². The van der Waals surface area contributed by atoms with E-state index in [-0.39, 0.29) is 23.0 Å². The summed E-state index contributed by atoms with van der Waals surface area (Å²) >= 11 is 14.0. The quantitative estimate of drug-likeness (QED) is 0.676. The SMILES string of the molecule is O=C(c1nn2c(c1Cl)N[C@H](c1ccc(Cl)cc1)C[C@H]2C(F)(F)F)N1CCSCC1. The summed E-state index contributed by atoms with van der Waals surface area (Å²) in [5.41, 5.74) is 0.500. The van der Waals surface area contributed by atoms with Gasteiger partial charge < -0.3 is 10.2 Å². The molecule has 5 nitrogen and oxygen atoms in total. The second-order valence-electron chi connectivity index (χ2n) is 6.90. The van der Waals surface area contributed by atoms with Crippen LogP contribution >= 0.6 is 35.0 Å². The van der Waals surface area contributed by atoms with E-state index in [0.29, 0.717) is 23.7 Å². The first-order valence-corrected chi connectivity index (χ1v) is 10.9. The van der Waals surface area contributed by atoms with Crippen molar-refractivity contribution in [2.24, 2.45) is 0 Å². The van der Waals surface area contributed by atoms with E-state index in [1.165, 1.54) is 0 Å². The number of alkyl halides is 3. The number of hydrogen-bond acceptors (Lipinski definition) is 4. The smallest absolute Gasteiger partial charge is 0.362 e. The lowest BCUT2D eigenvalue weighted by Crippen LogP contribution is -2.38. The van der Waals surface area contributed by atoms with Gasteiger partial charge in [0.15, 0.2) is 11.7 Å². The van der Waals surface area contributed by atoms with Gasteiger partial charge in [-0.05, 0) is 17.7 Å². The third kappa shape index (κ3) is 4.04. The molecule has 0 radical (unpaired) electrons. The zero-order valence-corrected chi connectivity index (χ0v) is 17.4. The lowest BCUT2D eigenvalue weighted by molar-refractivity contribution is -0.173. The zero-order chi connectivity index (χ0) is 20.8. The number of rotatable bonds is 2. The lowest BCUT2D eigenvalue weighted by Gasteiger charge is -2.33. The summed E-state index contributed by atoms with van der Waals surface area (Å²) in [6.07, 6.45) is -4.82. The first-order chi connectivity index (χ1) is 13.8. The molecule has 1 N–H and O–H groups in total. The molecular weight excluding hydrogens is 448 g/mol. The number of thioether (sulfide) groups is 1. The normalized spacial score (nSPS) is 22.2. The van der Waals surface area contributed by atoms with Crippen molar-refractivity contribution in [3.63, 3.8) is 0 Å². The number of carbonyl (C=O) groups is 1. The first kappa shape index (κ1) is 20.7. The summed E-state index contributed by atoms with van der Waals surface area (Å²) in [7, 11) is 0. The standard InChI is InChI=1S/C18H17Cl2F3N4OS/c19-11-3-1-10(2-4-11)12-9-13(18(21,22)23)27-16(24-12)14(20)15(25-27)17(28)26-5-7-29-8-6-26/h1-4,12-13,24H,5-9H2/t12-,13-/m0/s1. The maximum atomic E-state index is 13.8. The Kier molecular flexibility index (Phi) is 5.65. The Bertz CT molecular complexity index is 913. The van der Waals surface area contributed by atoms with Gasteiger partial charge in [0.25, 0.3) is 5.91 Å². The lowest BCUT2D eigenvalue weighted by atomic mass is 9.97. The van der Waals surface area contributed by atoms with Crippen molar-refractivity contribution in [2.45, 2.75) is 24.7 Å². The summed E-state index contributed by atoms with van der Waals surface area (Å²) in [6.45, 7) is 1.04. The monoisotopic (exact) mass is 464 g/mol. The van der Waals surface area contributed by atoms with Crippen molar-refractivity contribution in [3.8, 4) is 0 Å². The Labute approximate surface area is 179 Å². The Hall–Kier alpha value is -1.58. The van der Waals surface area contributed by atoms with Gasteiger partial charge >= 0.3 is 6.18 Å².